The summed E-state index contributed by atoms with van der Waals surface area (Å²) in [4.78, 5) is 16.3. The molecular weight excluding hydrogens is 402 g/mol. The molecule has 1 N–H and O–H groups in total. The van der Waals surface area contributed by atoms with Gasteiger partial charge in [0.25, 0.3) is 0 Å². The van der Waals surface area contributed by atoms with E-state index in [0.29, 0.717) is 6.54 Å². The molecule has 1 heterocycles. The van der Waals surface area contributed by atoms with E-state index in [4.69, 9.17) is 14.5 Å². The lowest BCUT2D eigenvalue weighted by atomic mass is 10.2. The van der Waals surface area contributed by atoms with Crippen LogP contribution < -0.4 is 10.1 Å². The number of imidazole rings is 1. The summed E-state index contributed by atoms with van der Waals surface area (Å²) in [5.41, 5.74) is 3.48. The number of para-hydroxylation sites is 2. The highest BCUT2D eigenvalue weighted by Crippen LogP contribution is 2.19. The predicted octanol–water partition coefficient (Wildman–Crippen LogP) is 4.68. The van der Waals surface area contributed by atoms with Crippen molar-refractivity contribution in [1.82, 2.24) is 14.9 Å². The van der Waals surface area contributed by atoms with Crippen LogP contribution in [-0.4, -0.2) is 42.3 Å². The van der Waals surface area contributed by atoms with E-state index in [0.717, 1.165) is 68.8 Å². The van der Waals surface area contributed by atoms with Crippen LogP contribution in [0.15, 0.2) is 48.5 Å². The lowest BCUT2D eigenvalue weighted by molar-refractivity contribution is -0.124. The fraction of sp³-hybridized carbons (Fsp3) is 0.462. The van der Waals surface area contributed by atoms with Gasteiger partial charge in [-0.15, -0.1) is 0 Å². The van der Waals surface area contributed by atoms with Crippen LogP contribution in [0.25, 0.3) is 11.0 Å². The van der Waals surface area contributed by atoms with Gasteiger partial charge in [-0.05, 0) is 62.4 Å². The molecule has 0 saturated carbocycles. The number of aryl methyl sites for hydroxylation is 3. The Kier molecular flexibility index (Phi) is 9.57. The van der Waals surface area contributed by atoms with Crippen molar-refractivity contribution in [1.29, 1.82) is 0 Å². The Bertz CT molecular complexity index is 983. The van der Waals surface area contributed by atoms with Crippen LogP contribution in [0.2, 0.25) is 0 Å². The third kappa shape index (κ3) is 7.38. The molecule has 0 bridgehead atoms. The summed E-state index contributed by atoms with van der Waals surface area (Å²) in [7, 11) is 1.53. The van der Waals surface area contributed by atoms with Gasteiger partial charge in [-0.2, -0.15) is 0 Å². The van der Waals surface area contributed by atoms with Crippen molar-refractivity contribution in [2.24, 2.45) is 0 Å². The number of fused-ring (bicyclic) bond motifs is 1. The van der Waals surface area contributed by atoms with Gasteiger partial charge >= 0.3 is 0 Å². The first kappa shape index (κ1) is 23.8. The number of aromatic nitrogens is 2. The maximum atomic E-state index is 11.4. The van der Waals surface area contributed by atoms with Crippen LogP contribution in [0.4, 0.5) is 0 Å². The molecule has 3 aromatic rings. The molecule has 6 nitrogen and oxygen atoms in total. The number of ether oxygens (including phenoxy) is 2. The average Bonchev–Trinajstić information content (AvgIpc) is 3.13. The molecule has 0 saturated heterocycles. The van der Waals surface area contributed by atoms with E-state index in [2.05, 4.69) is 47.1 Å². The van der Waals surface area contributed by atoms with Crippen molar-refractivity contribution in [2.75, 3.05) is 26.9 Å². The molecule has 2 aromatic carbocycles. The fourth-order valence-corrected chi connectivity index (χ4v) is 3.83. The number of rotatable bonds is 14. The van der Waals surface area contributed by atoms with Crippen molar-refractivity contribution in [2.45, 2.75) is 52.0 Å². The molecule has 172 valence electrons. The van der Waals surface area contributed by atoms with Crippen LogP contribution in [-0.2, 0) is 22.5 Å². The number of benzene rings is 2. The summed E-state index contributed by atoms with van der Waals surface area (Å²) in [5, 5.41) is 2.87. The highest BCUT2D eigenvalue weighted by atomic mass is 16.5. The molecule has 0 aliphatic carbocycles. The molecule has 0 aliphatic rings. The van der Waals surface area contributed by atoms with Crippen molar-refractivity contribution < 1.29 is 14.3 Å². The van der Waals surface area contributed by atoms with Gasteiger partial charge in [0, 0.05) is 26.6 Å². The highest BCUT2D eigenvalue weighted by molar-refractivity contribution is 5.77. The van der Waals surface area contributed by atoms with E-state index >= 15 is 0 Å². The average molecular weight is 438 g/mol. The second-order valence-electron chi connectivity index (χ2n) is 8.13. The summed E-state index contributed by atoms with van der Waals surface area (Å²) in [5.74, 6) is 2.03. The smallest absolute Gasteiger partial charge is 0.245 e. The Morgan fingerprint density at radius 2 is 1.91 bits per heavy atom. The number of amides is 1. The first-order chi connectivity index (χ1) is 15.7. The van der Waals surface area contributed by atoms with E-state index in [1.54, 1.807) is 0 Å². The SMILES string of the molecule is COCC(=O)NCCCCCc1nc2ccccc2n1CCCCOc1cccc(C)c1. The topological polar surface area (TPSA) is 65.4 Å². The van der Waals surface area contributed by atoms with Gasteiger partial charge < -0.3 is 19.4 Å². The maximum absolute atomic E-state index is 11.4. The minimum Gasteiger partial charge on any atom is -0.494 e. The zero-order valence-corrected chi connectivity index (χ0v) is 19.3. The number of hydrogen-bond donors (Lipinski definition) is 1. The van der Waals surface area contributed by atoms with Gasteiger partial charge in [-0.1, -0.05) is 30.7 Å². The first-order valence-electron chi connectivity index (χ1n) is 11.6. The lowest BCUT2D eigenvalue weighted by Crippen LogP contribution is -2.27. The highest BCUT2D eigenvalue weighted by Gasteiger charge is 2.10. The van der Waals surface area contributed by atoms with Gasteiger partial charge in [0.1, 0.15) is 18.2 Å². The van der Waals surface area contributed by atoms with E-state index in [1.165, 1.54) is 18.2 Å². The van der Waals surface area contributed by atoms with E-state index in [1.807, 2.05) is 18.2 Å². The van der Waals surface area contributed by atoms with Crippen LogP contribution in [0, 0.1) is 6.92 Å². The van der Waals surface area contributed by atoms with Crippen LogP contribution >= 0.6 is 0 Å². The Balaban J connectivity index is 1.45. The number of carbonyl (C=O) groups excluding carboxylic acids is 1. The molecule has 32 heavy (non-hydrogen) atoms. The van der Waals surface area contributed by atoms with Crippen LogP contribution in [0.1, 0.15) is 43.5 Å². The summed E-state index contributed by atoms with van der Waals surface area (Å²) < 4.78 is 13.1. The zero-order chi connectivity index (χ0) is 22.6. The molecule has 0 spiro atoms. The molecule has 3 rings (SSSR count). The molecule has 0 unspecified atom stereocenters. The summed E-state index contributed by atoms with van der Waals surface area (Å²) in [6.07, 6.45) is 6.07. The van der Waals surface area contributed by atoms with E-state index in [9.17, 15) is 4.79 Å². The summed E-state index contributed by atoms with van der Waals surface area (Å²) >= 11 is 0. The van der Waals surface area contributed by atoms with E-state index in [-0.39, 0.29) is 12.5 Å². The van der Waals surface area contributed by atoms with Gasteiger partial charge in [-0.25, -0.2) is 4.98 Å². The van der Waals surface area contributed by atoms with Crippen LogP contribution in [0.5, 0.6) is 5.75 Å². The monoisotopic (exact) mass is 437 g/mol. The quantitative estimate of drug-likeness (QED) is 0.372. The maximum Gasteiger partial charge on any atom is 0.245 e. The second-order valence-corrected chi connectivity index (χ2v) is 8.13. The van der Waals surface area contributed by atoms with Crippen LogP contribution in [0.3, 0.4) is 0 Å². The minimum absolute atomic E-state index is 0.0549. The van der Waals surface area contributed by atoms with Crippen molar-refractivity contribution in [3.05, 3.63) is 59.9 Å². The molecule has 0 atom stereocenters. The first-order valence-corrected chi connectivity index (χ1v) is 11.6. The number of unbranched alkanes of at least 4 members (excludes halogenated alkanes) is 3. The molecular formula is C26H35N3O3. The summed E-state index contributed by atoms with van der Waals surface area (Å²) in [6, 6.07) is 16.6. The third-order valence-electron chi connectivity index (χ3n) is 5.44. The van der Waals surface area contributed by atoms with Gasteiger partial charge in [-0.3, -0.25) is 4.79 Å². The number of methoxy groups -OCH3 is 1. The Hall–Kier alpha value is -2.86. The zero-order valence-electron chi connectivity index (χ0n) is 19.3. The Morgan fingerprint density at radius 3 is 2.75 bits per heavy atom. The van der Waals surface area contributed by atoms with Crippen molar-refractivity contribution >= 4 is 16.9 Å². The Morgan fingerprint density at radius 1 is 1.03 bits per heavy atom. The molecule has 1 aromatic heterocycles. The number of carbonyl (C=O) groups is 1. The predicted molar refractivity (Wildman–Crippen MR) is 128 cm³/mol. The largest absolute Gasteiger partial charge is 0.494 e. The summed E-state index contributed by atoms with van der Waals surface area (Å²) in [6.45, 7) is 4.57. The standard InChI is InChI=1S/C26H35N3O3/c1-21-11-10-12-22(19-21)32-18-9-8-17-29-24-14-6-5-13-23(24)28-25(29)15-4-3-7-16-27-26(30)20-31-2/h5-6,10-14,19H,3-4,7-9,15-18,20H2,1-2H3,(H,27,30). The minimum atomic E-state index is -0.0549. The van der Waals surface area contributed by atoms with Gasteiger partial charge in [0.15, 0.2) is 0 Å². The lowest BCUT2D eigenvalue weighted by Gasteiger charge is -2.11. The molecule has 0 fully saturated rings. The number of nitrogens with one attached hydrogen (secondary N) is 1. The molecule has 0 aliphatic heterocycles. The molecule has 6 heteroatoms. The van der Waals surface area contributed by atoms with Crippen molar-refractivity contribution in [3.63, 3.8) is 0 Å². The third-order valence-corrected chi connectivity index (χ3v) is 5.44. The number of hydrogen-bond acceptors (Lipinski definition) is 4. The Labute approximate surface area is 190 Å². The van der Waals surface area contributed by atoms with Crippen molar-refractivity contribution in [3.8, 4) is 5.75 Å². The number of nitrogens with zero attached hydrogens (tertiary/aromatic N) is 2. The molecule has 1 amide bonds. The van der Waals surface area contributed by atoms with Gasteiger partial charge in [0.05, 0.1) is 17.6 Å². The molecule has 0 radical (unpaired) electrons. The van der Waals surface area contributed by atoms with Gasteiger partial charge in [0.2, 0.25) is 5.91 Å². The van der Waals surface area contributed by atoms with E-state index < -0.39 is 0 Å². The fourth-order valence-electron chi connectivity index (χ4n) is 3.83. The second kappa shape index (κ2) is 12.9. The normalized spacial score (nSPS) is 11.1.